The lowest BCUT2D eigenvalue weighted by Gasteiger charge is -2.03. The van der Waals surface area contributed by atoms with Gasteiger partial charge in [0, 0.05) is 17.8 Å². The molecule has 1 saturated carbocycles. The van der Waals surface area contributed by atoms with Crippen LogP contribution in [-0.2, 0) is 0 Å². The van der Waals surface area contributed by atoms with Crippen molar-refractivity contribution in [1.82, 2.24) is 15.0 Å². The van der Waals surface area contributed by atoms with Gasteiger partial charge in [-0.3, -0.25) is 4.98 Å². The Morgan fingerprint density at radius 3 is 2.82 bits per heavy atom. The van der Waals surface area contributed by atoms with E-state index < -0.39 is 5.97 Å². The molecule has 0 spiro atoms. The Labute approximate surface area is 101 Å². The SMILES string of the molecule is O=C(O)c1cc(C2CC2)nc(-c2cncs2)n1. The van der Waals surface area contributed by atoms with E-state index in [1.807, 2.05) is 0 Å². The van der Waals surface area contributed by atoms with Crippen LogP contribution in [0.3, 0.4) is 0 Å². The first-order valence-corrected chi connectivity index (χ1v) is 6.13. The molecule has 0 atom stereocenters. The van der Waals surface area contributed by atoms with Crippen LogP contribution >= 0.6 is 11.3 Å². The number of hydrogen-bond acceptors (Lipinski definition) is 5. The van der Waals surface area contributed by atoms with E-state index in [1.54, 1.807) is 17.8 Å². The van der Waals surface area contributed by atoms with E-state index >= 15 is 0 Å². The lowest BCUT2D eigenvalue weighted by molar-refractivity contribution is 0.0690. The average Bonchev–Trinajstić information content (AvgIpc) is 3.04. The van der Waals surface area contributed by atoms with Crippen molar-refractivity contribution in [3.05, 3.63) is 29.2 Å². The quantitative estimate of drug-likeness (QED) is 0.899. The minimum atomic E-state index is -1.01. The molecule has 0 unspecified atom stereocenters. The highest BCUT2D eigenvalue weighted by Crippen LogP contribution is 2.39. The van der Waals surface area contributed by atoms with Crippen LogP contribution < -0.4 is 0 Å². The van der Waals surface area contributed by atoms with Gasteiger partial charge in [-0.1, -0.05) is 0 Å². The summed E-state index contributed by atoms with van der Waals surface area (Å²) >= 11 is 1.41. The smallest absolute Gasteiger partial charge is 0.354 e. The summed E-state index contributed by atoms with van der Waals surface area (Å²) in [6.07, 6.45) is 3.82. The van der Waals surface area contributed by atoms with Gasteiger partial charge in [-0.15, -0.1) is 11.3 Å². The number of aromatic carboxylic acids is 1. The van der Waals surface area contributed by atoms with Crippen molar-refractivity contribution in [3.8, 4) is 10.7 Å². The largest absolute Gasteiger partial charge is 0.477 e. The number of thiazole rings is 1. The third-order valence-electron chi connectivity index (χ3n) is 2.61. The third-order valence-corrected chi connectivity index (χ3v) is 3.38. The standard InChI is InChI=1S/C11H9N3O2S/c15-11(16)8-3-7(6-1-2-6)13-10(14-8)9-4-12-5-17-9/h3-6H,1-2H2,(H,15,16). The molecule has 1 N–H and O–H groups in total. The molecule has 2 heterocycles. The van der Waals surface area contributed by atoms with E-state index in [0.717, 1.165) is 23.4 Å². The predicted molar refractivity (Wildman–Crippen MR) is 62.1 cm³/mol. The topological polar surface area (TPSA) is 76.0 Å². The molecule has 1 fully saturated rings. The summed E-state index contributed by atoms with van der Waals surface area (Å²) in [5.74, 6) is -0.142. The Balaban J connectivity index is 2.11. The summed E-state index contributed by atoms with van der Waals surface area (Å²) < 4.78 is 0. The highest BCUT2D eigenvalue weighted by atomic mass is 32.1. The molecular formula is C11H9N3O2S. The molecule has 0 radical (unpaired) electrons. The Morgan fingerprint density at radius 2 is 2.24 bits per heavy atom. The zero-order valence-corrected chi connectivity index (χ0v) is 9.65. The van der Waals surface area contributed by atoms with Gasteiger partial charge in [-0.25, -0.2) is 14.8 Å². The van der Waals surface area contributed by atoms with Crippen LogP contribution in [-0.4, -0.2) is 26.0 Å². The average molecular weight is 247 g/mol. The van der Waals surface area contributed by atoms with Crippen molar-refractivity contribution in [2.45, 2.75) is 18.8 Å². The van der Waals surface area contributed by atoms with Gasteiger partial charge in [0.05, 0.1) is 10.4 Å². The second-order valence-corrected chi connectivity index (χ2v) is 4.83. The molecule has 6 heteroatoms. The van der Waals surface area contributed by atoms with E-state index in [-0.39, 0.29) is 5.69 Å². The van der Waals surface area contributed by atoms with Crippen molar-refractivity contribution < 1.29 is 9.90 Å². The number of hydrogen-bond donors (Lipinski definition) is 1. The fourth-order valence-corrected chi connectivity index (χ4v) is 2.15. The minimum absolute atomic E-state index is 0.0605. The number of carboxylic acid groups (broad SMARTS) is 1. The molecule has 0 aliphatic heterocycles. The van der Waals surface area contributed by atoms with Crippen molar-refractivity contribution in [2.24, 2.45) is 0 Å². The molecule has 1 aliphatic carbocycles. The first-order chi connectivity index (χ1) is 8.24. The summed E-state index contributed by atoms with van der Waals surface area (Å²) in [4.78, 5) is 24.2. The Morgan fingerprint density at radius 1 is 1.41 bits per heavy atom. The van der Waals surface area contributed by atoms with Gasteiger partial charge in [0.15, 0.2) is 11.5 Å². The molecule has 0 amide bonds. The zero-order chi connectivity index (χ0) is 11.8. The highest BCUT2D eigenvalue weighted by Gasteiger charge is 2.27. The maximum atomic E-state index is 11.0. The monoisotopic (exact) mass is 247 g/mol. The van der Waals surface area contributed by atoms with E-state index in [4.69, 9.17) is 5.11 Å². The normalized spacial score (nSPS) is 14.8. The van der Waals surface area contributed by atoms with E-state index in [0.29, 0.717) is 11.7 Å². The zero-order valence-electron chi connectivity index (χ0n) is 8.83. The van der Waals surface area contributed by atoms with Gasteiger partial charge < -0.3 is 5.11 Å². The molecule has 86 valence electrons. The molecule has 5 nitrogen and oxygen atoms in total. The van der Waals surface area contributed by atoms with Crippen LogP contribution in [0.2, 0.25) is 0 Å². The number of aromatic nitrogens is 3. The lowest BCUT2D eigenvalue weighted by atomic mass is 10.2. The summed E-state index contributed by atoms with van der Waals surface area (Å²) in [5.41, 5.74) is 2.58. The fourth-order valence-electron chi connectivity index (χ4n) is 1.60. The second kappa shape index (κ2) is 3.89. The van der Waals surface area contributed by atoms with Gasteiger partial charge in [-0.2, -0.15) is 0 Å². The lowest BCUT2D eigenvalue weighted by Crippen LogP contribution is -2.05. The summed E-state index contributed by atoms with van der Waals surface area (Å²) in [6.45, 7) is 0. The molecule has 2 aromatic rings. The highest BCUT2D eigenvalue weighted by molar-refractivity contribution is 7.13. The maximum Gasteiger partial charge on any atom is 0.354 e. The Hall–Kier alpha value is -1.82. The first kappa shape index (κ1) is 10.3. The molecule has 1 aliphatic rings. The number of carboxylic acids is 1. The molecule has 17 heavy (non-hydrogen) atoms. The fraction of sp³-hybridized carbons (Fsp3) is 0.273. The number of rotatable bonds is 3. The first-order valence-electron chi connectivity index (χ1n) is 5.25. The van der Waals surface area contributed by atoms with E-state index in [1.165, 1.54) is 11.3 Å². The predicted octanol–water partition coefficient (Wildman–Crippen LogP) is 2.18. The van der Waals surface area contributed by atoms with Crippen LogP contribution in [0.4, 0.5) is 0 Å². The second-order valence-electron chi connectivity index (χ2n) is 3.95. The van der Waals surface area contributed by atoms with Crippen LogP contribution in [0.1, 0.15) is 34.9 Å². The third kappa shape index (κ3) is 2.03. The summed E-state index contributed by atoms with van der Waals surface area (Å²) in [5, 5.41) is 9.03. The van der Waals surface area contributed by atoms with Crippen LogP contribution in [0.15, 0.2) is 17.8 Å². The van der Waals surface area contributed by atoms with Crippen molar-refractivity contribution >= 4 is 17.3 Å². The molecule has 0 aromatic carbocycles. The minimum Gasteiger partial charge on any atom is -0.477 e. The van der Waals surface area contributed by atoms with Gasteiger partial charge in [0.25, 0.3) is 0 Å². The van der Waals surface area contributed by atoms with Gasteiger partial charge in [0.2, 0.25) is 0 Å². The van der Waals surface area contributed by atoms with Crippen LogP contribution in [0.5, 0.6) is 0 Å². The van der Waals surface area contributed by atoms with Gasteiger partial charge in [-0.05, 0) is 18.9 Å². The molecular weight excluding hydrogens is 238 g/mol. The summed E-state index contributed by atoms with van der Waals surface area (Å²) in [7, 11) is 0. The maximum absolute atomic E-state index is 11.0. The van der Waals surface area contributed by atoms with Gasteiger partial charge >= 0.3 is 5.97 Å². The van der Waals surface area contributed by atoms with Gasteiger partial charge in [0.1, 0.15) is 0 Å². The Kier molecular flexibility index (Phi) is 2.36. The van der Waals surface area contributed by atoms with E-state index in [2.05, 4.69) is 15.0 Å². The summed E-state index contributed by atoms with van der Waals surface area (Å²) in [6, 6.07) is 1.57. The van der Waals surface area contributed by atoms with Crippen molar-refractivity contribution in [1.29, 1.82) is 0 Å². The van der Waals surface area contributed by atoms with E-state index in [9.17, 15) is 4.79 Å². The molecule has 3 rings (SSSR count). The number of nitrogens with zero attached hydrogens (tertiary/aromatic N) is 3. The van der Waals surface area contributed by atoms with Crippen LogP contribution in [0.25, 0.3) is 10.7 Å². The van der Waals surface area contributed by atoms with Crippen LogP contribution in [0, 0.1) is 0 Å². The van der Waals surface area contributed by atoms with Crippen molar-refractivity contribution in [2.75, 3.05) is 0 Å². The molecule has 0 saturated heterocycles. The van der Waals surface area contributed by atoms with Crippen molar-refractivity contribution in [3.63, 3.8) is 0 Å². The Bertz CT molecular complexity index is 564. The molecule has 0 bridgehead atoms. The molecule has 2 aromatic heterocycles. The number of carbonyl (C=O) groups is 1.